The van der Waals surface area contributed by atoms with Crippen LogP contribution in [-0.4, -0.2) is 53.4 Å². The van der Waals surface area contributed by atoms with E-state index in [2.05, 4.69) is 22.0 Å². The molecule has 2 aromatic rings. The number of ether oxygens (including phenoxy) is 1. The smallest absolute Gasteiger partial charge is 0.242 e. The highest BCUT2D eigenvalue weighted by molar-refractivity contribution is 7.89. The monoisotopic (exact) mass is 442 g/mol. The van der Waals surface area contributed by atoms with E-state index in [0.717, 1.165) is 25.0 Å². The summed E-state index contributed by atoms with van der Waals surface area (Å²) in [6.45, 7) is 2.49. The standard InChI is InChI=1S/C19H27ClN4O4S/c1-2-5-14-12-24(23-21-14)11-10-15-8-9-17(18(13-25)28-15)22-29(26,27)19-7-4-3-6-16(19)20/h3-4,6-7,12,15,17-18,22,25H,2,5,8-11,13H2,1H3/t15-,17+,18+/m0/s1. The van der Waals surface area contributed by atoms with E-state index in [1.807, 2.05) is 6.20 Å². The number of aliphatic hydroxyl groups is 1. The Bertz CT molecular complexity index is 905. The van der Waals surface area contributed by atoms with Gasteiger partial charge < -0.3 is 9.84 Å². The fourth-order valence-electron chi connectivity index (χ4n) is 3.50. The Morgan fingerprint density at radius 1 is 1.34 bits per heavy atom. The first-order valence-electron chi connectivity index (χ1n) is 9.85. The van der Waals surface area contributed by atoms with E-state index in [4.69, 9.17) is 16.3 Å². The summed E-state index contributed by atoms with van der Waals surface area (Å²) in [6.07, 6.45) is 5.14. The van der Waals surface area contributed by atoms with Gasteiger partial charge in [0.15, 0.2) is 0 Å². The van der Waals surface area contributed by atoms with Gasteiger partial charge >= 0.3 is 0 Å². The van der Waals surface area contributed by atoms with E-state index in [1.54, 1.807) is 16.8 Å². The van der Waals surface area contributed by atoms with Crippen LogP contribution >= 0.6 is 11.6 Å². The first kappa shape index (κ1) is 22.2. The number of rotatable bonds is 9. The molecule has 0 radical (unpaired) electrons. The molecule has 0 amide bonds. The van der Waals surface area contributed by atoms with Crippen molar-refractivity contribution in [3.05, 3.63) is 41.2 Å². The molecule has 1 aromatic heterocycles. The van der Waals surface area contributed by atoms with Crippen LogP contribution in [0.2, 0.25) is 5.02 Å². The van der Waals surface area contributed by atoms with Gasteiger partial charge in [-0.25, -0.2) is 13.1 Å². The van der Waals surface area contributed by atoms with Gasteiger partial charge in [0.05, 0.1) is 35.6 Å². The fraction of sp³-hybridized carbons (Fsp3) is 0.579. The van der Waals surface area contributed by atoms with Crippen LogP contribution in [0.25, 0.3) is 0 Å². The molecule has 0 unspecified atom stereocenters. The molecule has 1 aromatic carbocycles. The van der Waals surface area contributed by atoms with E-state index in [9.17, 15) is 13.5 Å². The highest BCUT2D eigenvalue weighted by Gasteiger charge is 2.34. The number of nitrogens with zero attached hydrogens (tertiary/aromatic N) is 3. The van der Waals surface area contributed by atoms with E-state index in [0.29, 0.717) is 19.4 Å². The average molecular weight is 443 g/mol. The molecule has 3 atom stereocenters. The highest BCUT2D eigenvalue weighted by atomic mass is 35.5. The van der Waals surface area contributed by atoms with Crippen LogP contribution in [0.4, 0.5) is 0 Å². The van der Waals surface area contributed by atoms with Crippen molar-refractivity contribution in [1.29, 1.82) is 0 Å². The van der Waals surface area contributed by atoms with Crippen LogP contribution in [0.1, 0.15) is 38.3 Å². The quantitative estimate of drug-likeness (QED) is 0.616. The topological polar surface area (TPSA) is 106 Å². The Hall–Kier alpha value is -1.52. The van der Waals surface area contributed by atoms with Gasteiger partial charge in [0.25, 0.3) is 0 Å². The molecule has 10 heteroatoms. The van der Waals surface area contributed by atoms with E-state index in [1.165, 1.54) is 12.1 Å². The van der Waals surface area contributed by atoms with Crippen molar-refractivity contribution in [1.82, 2.24) is 19.7 Å². The Labute approximate surface area is 176 Å². The van der Waals surface area contributed by atoms with Crippen molar-refractivity contribution < 1.29 is 18.3 Å². The number of hydrogen-bond acceptors (Lipinski definition) is 6. The predicted molar refractivity (Wildman–Crippen MR) is 109 cm³/mol. The van der Waals surface area contributed by atoms with Crippen LogP contribution in [0.15, 0.2) is 35.4 Å². The minimum absolute atomic E-state index is 0.0227. The number of aryl methyl sites for hydroxylation is 2. The van der Waals surface area contributed by atoms with Crippen LogP contribution in [-0.2, 0) is 27.7 Å². The third-order valence-electron chi connectivity index (χ3n) is 5.00. The van der Waals surface area contributed by atoms with E-state index in [-0.39, 0.29) is 22.6 Å². The maximum Gasteiger partial charge on any atom is 0.242 e. The summed E-state index contributed by atoms with van der Waals surface area (Å²) in [4.78, 5) is 0.0227. The number of halogens is 1. The summed E-state index contributed by atoms with van der Waals surface area (Å²) in [5, 5.41) is 18.1. The van der Waals surface area contributed by atoms with Gasteiger partial charge in [-0.3, -0.25) is 4.68 Å². The van der Waals surface area contributed by atoms with E-state index < -0.39 is 22.2 Å². The molecule has 1 saturated heterocycles. The molecule has 29 heavy (non-hydrogen) atoms. The summed E-state index contributed by atoms with van der Waals surface area (Å²) in [5.74, 6) is 0. The van der Waals surface area contributed by atoms with Gasteiger partial charge in [-0.1, -0.05) is 42.3 Å². The SMILES string of the molecule is CCCc1cn(CC[C@@H]2CC[C@@H](NS(=O)(=O)c3ccccc3Cl)[C@@H](CO)O2)nn1. The average Bonchev–Trinajstić information content (AvgIpc) is 3.15. The zero-order chi connectivity index (χ0) is 20.9. The molecule has 1 fully saturated rings. The normalized spacial score (nSPS) is 22.7. The summed E-state index contributed by atoms with van der Waals surface area (Å²) in [6, 6.07) is 5.76. The van der Waals surface area contributed by atoms with Crippen LogP contribution in [0.3, 0.4) is 0 Å². The van der Waals surface area contributed by atoms with E-state index >= 15 is 0 Å². The molecular formula is C19H27ClN4O4S. The molecule has 2 heterocycles. The second kappa shape index (κ2) is 9.99. The first-order chi connectivity index (χ1) is 13.9. The lowest BCUT2D eigenvalue weighted by molar-refractivity contribution is -0.0891. The molecule has 0 aliphatic carbocycles. The first-order valence-corrected chi connectivity index (χ1v) is 11.7. The minimum atomic E-state index is -3.80. The third kappa shape index (κ3) is 5.76. The van der Waals surface area contributed by atoms with Crippen molar-refractivity contribution >= 4 is 21.6 Å². The summed E-state index contributed by atoms with van der Waals surface area (Å²) < 4.78 is 35.8. The van der Waals surface area contributed by atoms with Gasteiger partial charge in [0.1, 0.15) is 4.90 Å². The lowest BCUT2D eigenvalue weighted by Crippen LogP contribution is -2.51. The Morgan fingerprint density at radius 2 is 2.14 bits per heavy atom. The Kier molecular flexibility index (Phi) is 7.64. The largest absolute Gasteiger partial charge is 0.394 e. The third-order valence-corrected chi connectivity index (χ3v) is 6.99. The number of nitrogens with one attached hydrogen (secondary N) is 1. The lowest BCUT2D eigenvalue weighted by atomic mass is 9.98. The molecule has 0 bridgehead atoms. The molecular weight excluding hydrogens is 416 g/mol. The number of sulfonamides is 1. The number of aliphatic hydroxyl groups excluding tert-OH is 1. The van der Waals surface area contributed by atoms with Crippen LogP contribution < -0.4 is 4.72 Å². The molecule has 3 rings (SSSR count). The highest BCUT2D eigenvalue weighted by Crippen LogP contribution is 2.26. The molecule has 1 aliphatic rings. The summed E-state index contributed by atoms with van der Waals surface area (Å²) in [5.41, 5.74) is 0.972. The summed E-state index contributed by atoms with van der Waals surface area (Å²) >= 11 is 6.03. The Balaban J connectivity index is 1.57. The van der Waals surface area contributed by atoms with Crippen molar-refractivity contribution in [2.45, 2.75) is 68.7 Å². The van der Waals surface area contributed by atoms with Gasteiger partial charge in [-0.05, 0) is 37.8 Å². The maximum atomic E-state index is 12.7. The lowest BCUT2D eigenvalue weighted by Gasteiger charge is -2.36. The minimum Gasteiger partial charge on any atom is -0.394 e. The van der Waals surface area contributed by atoms with Gasteiger partial charge in [0.2, 0.25) is 10.0 Å². The predicted octanol–water partition coefficient (Wildman–Crippen LogP) is 2.16. The molecule has 160 valence electrons. The molecule has 0 saturated carbocycles. The molecule has 0 spiro atoms. The van der Waals surface area contributed by atoms with Crippen LogP contribution in [0, 0.1) is 0 Å². The van der Waals surface area contributed by atoms with Gasteiger partial charge in [0, 0.05) is 12.7 Å². The molecule has 8 nitrogen and oxygen atoms in total. The number of hydrogen-bond donors (Lipinski definition) is 2. The molecule has 1 aliphatic heterocycles. The zero-order valence-electron chi connectivity index (χ0n) is 16.4. The second-order valence-corrected chi connectivity index (χ2v) is 9.32. The van der Waals surface area contributed by atoms with Gasteiger partial charge in [-0.15, -0.1) is 5.10 Å². The fourth-order valence-corrected chi connectivity index (χ4v) is 5.32. The summed E-state index contributed by atoms with van der Waals surface area (Å²) in [7, 11) is -3.80. The zero-order valence-corrected chi connectivity index (χ0v) is 17.9. The van der Waals surface area contributed by atoms with Crippen molar-refractivity contribution in [2.24, 2.45) is 0 Å². The van der Waals surface area contributed by atoms with Gasteiger partial charge in [-0.2, -0.15) is 0 Å². The number of aromatic nitrogens is 3. The molecule has 2 N–H and O–H groups in total. The van der Waals surface area contributed by atoms with Crippen molar-refractivity contribution in [3.8, 4) is 0 Å². The maximum absolute atomic E-state index is 12.7. The second-order valence-electron chi connectivity index (χ2n) is 7.23. The van der Waals surface area contributed by atoms with Crippen LogP contribution in [0.5, 0.6) is 0 Å². The van der Waals surface area contributed by atoms with Crippen molar-refractivity contribution in [3.63, 3.8) is 0 Å². The Morgan fingerprint density at radius 3 is 2.86 bits per heavy atom. The number of benzene rings is 1. The van der Waals surface area contributed by atoms with Crippen molar-refractivity contribution in [2.75, 3.05) is 6.61 Å².